The van der Waals surface area contributed by atoms with Gasteiger partial charge in [0.15, 0.2) is 5.82 Å². The van der Waals surface area contributed by atoms with Crippen molar-refractivity contribution in [1.82, 2.24) is 20.2 Å². The number of unbranched alkanes of at least 4 members (excludes halogenated alkanes) is 1. The van der Waals surface area contributed by atoms with Crippen LogP contribution in [0.3, 0.4) is 0 Å². The summed E-state index contributed by atoms with van der Waals surface area (Å²) >= 11 is 0. The smallest absolute Gasteiger partial charge is 0.185 e. The Bertz CT molecular complexity index is 596. The van der Waals surface area contributed by atoms with Gasteiger partial charge in [-0.1, -0.05) is 19.8 Å². The summed E-state index contributed by atoms with van der Waals surface area (Å²) in [7, 11) is 0. The molecule has 0 radical (unpaired) electrons. The van der Waals surface area contributed by atoms with Crippen molar-refractivity contribution in [2.24, 2.45) is 0 Å². The van der Waals surface area contributed by atoms with E-state index in [1.807, 2.05) is 6.92 Å². The lowest BCUT2D eigenvalue weighted by molar-refractivity contribution is 0.436. The zero-order valence-corrected chi connectivity index (χ0v) is 11.5. The van der Waals surface area contributed by atoms with Crippen LogP contribution in [-0.4, -0.2) is 20.2 Å². The van der Waals surface area contributed by atoms with E-state index in [4.69, 9.17) is 5.73 Å². The molecule has 1 aromatic carbocycles. The third kappa shape index (κ3) is 2.76. The number of hydrogen-bond acceptors (Lipinski definition) is 4. The van der Waals surface area contributed by atoms with Crippen molar-refractivity contribution in [1.29, 1.82) is 0 Å². The predicted molar refractivity (Wildman–Crippen MR) is 71.8 cm³/mol. The van der Waals surface area contributed by atoms with Gasteiger partial charge >= 0.3 is 0 Å². The fourth-order valence-electron chi connectivity index (χ4n) is 2.03. The number of tetrazole rings is 1. The Balaban J connectivity index is 2.39. The summed E-state index contributed by atoms with van der Waals surface area (Å²) in [4.78, 5) is 0. The average Bonchev–Trinajstić information content (AvgIpc) is 2.89. The van der Waals surface area contributed by atoms with Crippen LogP contribution >= 0.6 is 0 Å². The predicted octanol–water partition coefficient (Wildman–Crippen LogP) is 2.95. The molecule has 0 spiro atoms. The zero-order chi connectivity index (χ0) is 14.7. The Morgan fingerprint density at radius 2 is 2.05 bits per heavy atom. The van der Waals surface area contributed by atoms with Crippen LogP contribution < -0.4 is 5.73 Å². The minimum atomic E-state index is -0.788. The SMILES string of the molecule is CCCCC(C)n1nnnc1-c1cc(N)c(F)cc1F. The van der Waals surface area contributed by atoms with E-state index >= 15 is 0 Å². The number of nitrogens with zero attached hydrogens (tertiary/aromatic N) is 4. The van der Waals surface area contributed by atoms with Crippen LogP contribution in [0.15, 0.2) is 12.1 Å². The largest absolute Gasteiger partial charge is 0.396 e. The molecule has 1 atom stereocenters. The van der Waals surface area contributed by atoms with Crippen LogP contribution in [0.5, 0.6) is 0 Å². The molecule has 5 nitrogen and oxygen atoms in total. The van der Waals surface area contributed by atoms with Gasteiger partial charge < -0.3 is 5.73 Å². The maximum Gasteiger partial charge on any atom is 0.185 e. The number of hydrogen-bond donors (Lipinski definition) is 1. The fraction of sp³-hybridized carbons (Fsp3) is 0.462. The van der Waals surface area contributed by atoms with Crippen molar-refractivity contribution >= 4 is 5.69 Å². The van der Waals surface area contributed by atoms with E-state index in [9.17, 15) is 8.78 Å². The first-order valence-electron chi connectivity index (χ1n) is 6.57. The number of anilines is 1. The quantitative estimate of drug-likeness (QED) is 0.855. The highest BCUT2D eigenvalue weighted by molar-refractivity contribution is 5.62. The van der Waals surface area contributed by atoms with Gasteiger partial charge in [-0.15, -0.1) is 5.10 Å². The standard InChI is InChI=1S/C13H17F2N5/c1-3-4-5-8(2)20-13(17-18-19-20)9-6-12(16)11(15)7-10(9)14/h6-8H,3-5,16H2,1-2H3. The summed E-state index contributed by atoms with van der Waals surface area (Å²) in [6, 6.07) is 2.01. The molecule has 0 saturated heterocycles. The van der Waals surface area contributed by atoms with Crippen LogP contribution in [0.1, 0.15) is 39.2 Å². The lowest BCUT2D eigenvalue weighted by Crippen LogP contribution is -2.10. The average molecular weight is 281 g/mol. The summed E-state index contributed by atoms with van der Waals surface area (Å²) in [5.41, 5.74) is 5.46. The van der Waals surface area contributed by atoms with Crippen molar-refractivity contribution in [2.45, 2.75) is 39.2 Å². The van der Waals surface area contributed by atoms with E-state index in [2.05, 4.69) is 22.4 Å². The highest BCUT2D eigenvalue weighted by Crippen LogP contribution is 2.27. The lowest BCUT2D eigenvalue weighted by Gasteiger charge is -2.13. The normalized spacial score (nSPS) is 12.6. The summed E-state index contributed by atoms with van der Waals surface area (Å²) in [6.45, 7) is 4.05. The van der Waals surface area contributed by atoms with Gasteiger partial charge in [0.05, 0.1) is 17.3 Å². The van der Waals surface area contributed by atoms with E-state index < -0.39 is 11.6 Å². The van der Waals surface area contributed by atoms with E-state index in [1.165, 1.54) is 6.07 Å². The molecule has 0 amide bonds. The van der Waals surface area contributed by atoms with Gasteiger partial charge in [0.1, 0.15) is 11.6 Å². The Morgan fingerprint density at radius 3 is 2.75 bits per heavy atom. The minimum absolute atomic E-state index is 0.0330. The number of benzene rings is 1. The molecule has 0 aliphatic heterocycles. The summed E-state index contributed by atoms with van der Waals surface area (Å²) < 4.78 is 28.6. The third-order valence-corrected chi connectivity index (χ3v) is 3.21. The third-order valence-electron chi connectivity index (χ3n) is 3.21. The first-order valence-corrected chi connectivity index (χ1v) is 6.57. The summed E-state index contributed by atoms with van der Waals surface area (Å²) in [6.07, 6.45) is 2.96. The minimum Gasteiger partial charge on any atom is -0.396 e. The lowest BCUT2D eigenvalue weighted by atomic mass is 10.1. The Kier molecular flexibility index (Phi) is 4.26. The molecule has 0 aliphatic rings. The fourth-order valence-corrected chi connectivity index (χ4v) is 2.03. The molecule has 0 aliphatic carbocycles. The highest BCUT2D eigenvalue weighted by Gasteiger charge is 2.19. The Labute approximate surface area is 115 Å². The van der Waals surface area contributed by atoms with E-state index in [0.717, 1.165) is 25.3 Å². The first kappa shape index (κ1) is 14.4. The molecule has 20 heavy (non-hydrogen) atoms. The van der Waals surface area contributed by atoms with Gasteiger partial charge in [0.2, 0.25) is 0 Å². The molecule has 2 N–H and O–H groups in total. The molecule has 0 saturated carbocycles. The van der Waals surface area contributed by atoms with Gasteiger partial charge in [-0.2, -0.15) is 0 Å². The molecule has 0 fully saturated rings. The van der Waals surface area contributed by atoms with Crippen molar-refractivity contribution in [3.05, 3.63) is 23.8 Å². The molecule has 1 unspecified atom stereocenters. The van der Waals surface area contributed by atoms with Crippen molar-refractivity contribution in [2.75, 3.05) is 5.73 Å². The van der Waals surface area contributed by atoms with Crippen LogP contribution in [0.4, 0.5) is 14.5 Å². The van der Waals surface area contributed by atoms with Gasteiger partial charge in [-0.05, 0) is 29.8 Å². The highest BCUT2D eigenvalue weighted by atomic mass is 19.1. The second kappa shape index (κ2) is 5.94. The molecule has 2 aromatic rings. The van der Waals surface area contributed by atoms with E-state index in [0.29, 0.717) is 0 Å². The topological polar surface area (TPSA) is 69.6 Å². The number of aromatic nitrogens is 4. The Morgan fingerprint density at radius 1 is 1.30 bits per heavy atom. The molecule has 0 bridgehead atoms. The number of rotatable bonds is 5. The molecule has 1 heterocycles. The second-order valence-electron chi connectivity index (χ2n) is 4.79. The first-order chi connectivity index (χ1) is 9.54. The monoisotopic (exact) mass is 281 g/mol. The van der Waals surface area contributed by atoms with Crippen molar-refractivity contribution in [3.8, 4) is 11.4 Å². The Hall–Kier alpha value is -2.05. The van der Waals surface area contributed by atoms with E-state index in [-0.39, 0.29) is 23.1 Å². The van der Waals surface area contributed by atoms with Crippen molar-refractivity contribution < 1.29 is 8.78 Å². The number of nitrogen functional groups attached to an aromatic ring is 1. The molecule has 108 valence electrons. The maximum atomic E-state index is 13.9. The van der Waals surface area contributed by atoms with Gasteiger partial charge in [-0.25, -0.2) is 13.5 Å². The molecular formula is C13H17F2N5. The van der Waals surface area contributed by atoms with Crippen LogP contribution in [0, 0.1) is 11.6 Å². The summed E-state index contributed by atoms with van der Waals surface area (Å²) in [5, 5.41) is 11.3. The van der Waals surface area contributed by atoms with Gasteiger partial charge in [0.25, 0.3) is 0 Å². The number of nitrogens with two attached hydrogens (primary N) is 1. The number of halogens is 2. The zero-order valence-electron chi connectivity index (χ0n) is 11.5. The maximum absolute atomic E-state index is 13.9. The summed E-state index contributed by atoms with van der Waals surface area (Å²) in [5.74, 6) is -1.25. The molecular weight excluding hydrogens is 264 g/mol. The second-order valence-corrected chi connectivity index (χ2v) is 4.79. The van der Waals surface area contributed by atoms with Crippen molar-refractivity contribution in [3.63, 3.8) is 0 Å². The van der Waals surface area contributed by atoms with Crippen LogP contribution in [0.2, 0.25) is 0 Å². The molecule has 7 heteroatoms. The van der Waals surface area contributed by atoms with Crippen LogP contribution in [-0.2, 0) is 0 Å². The van der Waals surface area contributed by atoms with Crippen LogP contribution in [0.25, 0.3) is 11.4 Å². The molecule has 1 aromatic heterocycles. The van der Waals surface area contributed by atoms with E-state index in [1.54, 1.807) is 4.68 Å². The molecule has 2 rings (SSSR count). The van der Waals surface area contributed by atoms with Gasteiger partial charge in [0, 0.05) is 6.07 Å². The van der Waals surface area contributed by atoms with Gasteiger partial charge in [-0.3, -0.25) is 0 Å².